The highest BCUT2D eigenvalue weighted by Crippen LogP contribution is 2.20. The summed E-state index contributed by atoms with van der Waals surface area (Å²) in [6, 6.07) is 0. The van der Waals surface area contributed by atoms with Crippen molar-refractivity contribution >= 4 is 0 Å². The van der Waals surface area contributed by atoms with Crippen LogP contribution in [0.3, 0.4) is 0 Å². The van der Waals surface area contributed by atoms with Crippen LogP contribution in [-0.2, 0) is 0 Å². The summed E-state index contributed by atoms with van der Waals surface area (Å²) in [6.45, 7) is 5.97. The molecule has 1 nitrogen and oxygen atoms in total. The molecule has 0 heterocycles. The van der Waals surface area contributed by atoms with Crippen molar-refractivity contribution in [1.82, 2.24) is 0 Å². The maximum absolute atomic E-state index is 2.35. The summed E-state index contributed by atoms with van der Waals surface area (Å²) in [7, 11) is 7.04. The van der Waals surface area contributed by atoms with E-state index in [4.69, 9.17) is 0 Å². The van der Waals surface area contributed by atoms with Gasteiger partial charge in [0, 0.05) is 5.92 Å². The normalized spacial score (nSPS) is 13.0. The monoisotopic (exact) mass is 319 g/mol. The lowest BCUT2D eigenvalue weighted by molar-refractivity contribution is -0.874. The zero-order valence-corrected chi connectivity index (χ0v) is 16.4. The molecule has 2 heteroatoms. The van der Waals surface area contributed by atoms with Crippen LogP contribution in [0.2, 0.25) is 0 Å². The van der Waals surface area contributed by atoms with Crippen molar-refractivity contribution < 1.29 is 16.9 Å². The van der Waals surface area contributed by atoms with Gasteiger partial charge in [0.05, 0.1) is 27.7 Å². The molecule has 0 spiro atoms. The highest BCUT2D eigenvalue weighted by Gasteiger charge is 2.17. The molecule has 0 aromatic carbocycles. The summed E-state index contributed by atoms with van der Waals surface area (Å²) < 4.78 is 1.13. The summed E-state index contributed by atoms with van der Waals surface area (Å²) >= 11 is 0. The summed E-state index contributed by atoms with van der Waals surface area (Å²) in [6.07, 6.45) is 17.2. The van der Waals surface area contributed by atoms with Gasteiger partial charge in [-0.1, -0.05) is 78.1 Å². The number of hydrogen-bond acceptors (Lipinski definition) is 0. The molecule has 0 saturated carbocycles. The fourth-order valence-corrected chi connectivity index (χ4v) is 3.17. The fourth-order valence-electron chi connectivity index (χ4n) is 3.17. The summed E-state index contributed by atoms with van der Waals surface area (Å²) in [5.74, 6) is 0.957. The Morgan fingerprint density at radius 3 is 1.43 bits per heavy atom. The van der Waals surface area contributed by atoms with E-state index in [2.05, 4.69) is 35.0 Å². The Balaban J connectivity index is 0. The molecule has 0 aliphatic carbocycles. The molecule has 0 N–H and O–H groups in total. The fraction of sp³-hybridized carbons (Fsp3) is 1.00. The molecule has 0 aliphatic rings. The first-order valence-electron chi connectivity index (χ1n) is 9.30. The number of rotatable bonds is 14. The van der Waals surface area contributed by atoms with Gasteiger partial charge in [0.2, 0.25) is 0 Å². The largest absolute Gasteiger partial charge is 1.00 e. The molecule has 1 atom stereocenters. The van der Waals surface area contributed by atoms with Gasteiger partial charge in [0.25, 0.3) is 0 Å². The van der Waals surface area contributed by atoms with E-state index in [9.17, 15) is 0 Å². The number of nitrogens with zero attached hydrogens (tertiary/aromatic N) is 1. The zero-order valence-electron chi connectivity index (χ0n) is 15.6. The third-order valence-corrected chi connectivity index (χ3v) is 4.24. The maximum atomic E-state index is 2.35. The Morgan fingerprint density at radius 1 is 0.619 bits per heavy atom. The van der Waals surface area contributed by atoms with Gasteiger partial charge in [0.15, 0.2) is 0 Å². The van der Waals surface area contributed by atoms with Crippen molar-refractivity contribution in [1.29, 1.82) is 0 Å². The predicted octanol–water partition coefficient (Wildman–Crippen LogP) is 3.03. The first-order valence-corrected chi connectivity index (χ1v) is 9.30. The Labute approximate surface area is 141 Å². The second-order valence-corrected chi connectivity index (χ2v) is 7.74. The van der Waals surface area contributed by atoms with Crippen LogP contribution in [0.4, 0.5) is 0 Å². The van der Waals surface area contributed by atoms with Gasteiger partial charge < -0.3 is 16.9 Å². The summed E-state index contributed by atoms with van der Waals surface area (Å²) in [5, 5.41) is 0. The molecule has 21 heavy (non-hydrogen) atoms. The van der Waals surface area contributed by atoms with Crippen molar-refractivity contribution in [2.45, 2.75) is 90.9 Å². The molecule has 0 radical (unpaired) electrons. The minimum atomic E-state index is 0. The molecule has 0 rings (SSSR count). The lowest BCUT2D eigenvalue weighted by atomic mass is 9.93. The van der Waals surface area contributed by atoms with E-state index in [1.54, 1.807) is 0 Å². The minimum absolute atomic E-state index is 0. The molecule has 0 amide bonds. The van der Waals surface area contributed by atoms with E-state index in [0.29, 0.717) is 0 Å². The second-order valence-electron chi connectivity index (χ2n) is 7.74. The molecule has 130 valence electrons. The van der Waals surface area contributed by atoms with Crippen molar-refractivity contribution in [3.63, 3.8) is 0 Å². The topological polar surface area (TPSA) is 0 Å². The first kappa shape index (κ1) is 23.5. The molecule has 0 saturated heterocycles. The third kappa shape index (κ3) is 18.2. The van der Waals surface area contributed by atoms with E-state index >= 15 is 0 Å². The minimum Gasteiger partial charge on any atom is -1.00 e. The van der Waals surface area contributed by atoms with Crippen LogP contribution in [0.1, 0.15) is 90.9 Å². The molecule has 0 fully saturated rings. The van der Waals surface area contributed by atoms with Crippen LogP contribution in [-0.4, -0.2) is 32.2 Å². The lowest BCUT2D eigenvalue weighted by Crippen LogP contribution is -3.00. The van der Waals surface area contributed by atoms with Gasteiger partial charge in [-0.2, -0.15) is 0 Å². The summed E-state index contributed by atoms with van der Waals surface area (Å²) in [4.78, 5) is 0. The van der Waals surface area contributed by atoms with E-state index in [1.165, 1.54) is 83.6 Å². The molecule has 1 unspecified atom stereocenters. The Bertz CT molecular complexity index is 198. The van der Waals surface area contributed by atoms with E-state index in [1.807, 2.05) is 0 Å². The number of quaternary nitrogens is 1. The van der Waals surface area contributed by atoms with Crippen LogP contribution >= 0.6 is 0 Å². The number of hydrogen-bond donors (Lipinski definition) is 0. The van der Waals surface area contributed by atoms with Crippen molar-refractivity contribution in [3.8, 4) is 0 Å². The highest BCUT2D eigenvalue weighted by atomic mass is 35.5. The zero-order chi connectivity index (χ0) is 15.3. The van der Waals surface area contributed by atoms with Crippen LogP contribution in [0.15, 0.2) is 0 Å². The predicted molar refractivity (Wildman–Crippen MR) is 93.1 cm³/mol. The quantitative estimate of drug-likeness (QED) is 0.341. The van der Waals surface area contributed by atoms with Gasteiger partial charge in [-0.3, -0.25) is 0 Å². The Kier molecular flexibility index (Phi) is 17.0. The summed E-state index contributed by atoms with van der Waals surface area (Å²) in [5.41, 5.74) is 0. The molecular formula is C19H42ClN. The third-order valence-electron chi connectivity index (χ3n) is 4.24. The SMILES string of the molecule is CCCCCCCCC(CCCCCC)C[N+](C)(C)C.[Cl-]. The smallest absolute Gasteiger partial charge is 0.0809 e. The number of halogens is 1. The van der Waals surface area contributed by atoms with Gasteiger partial charge in [-0.15, -0.1) is 0 Å². The van der Waals surface area contributed by atoms with Crippen LogP contribution in [0, 0.1) is 5.92 Å². The average molecular weight is 320 g/mol. The van der Waals surface area contributed by atoms with E-state index in [-0.39, 0.29) is 12.4 Å². The standard InChI is InChI=1S/C19H42N.ClH/c1-6-8-10-12-13-15-17-19(18-20(3,4)5)16-14-11-9-7-2;/h19H,6-18H2,1-5H3;1H/q+1;/p-1. The van der Waals surface area contributed by atoms with Gasteiger partial charge in [0.1, 0.15) is 0 Å². The first-order chi connectivity index (χ1) is 9.49. The Hall–Kier alpha value is 0.250. The van der Waals surface area contributed by atoms with Gasteiger partial charge in [-0.25, -0.2) is 0 Å². The van der Waals surface area contributed by atoms with Crippen LogP contribution in [0.25, 0.3) is 0 Å². The second kappa shape index (κ2) is 15.2. The van der Waals surface area contributed by atoms with Crippen molar-refractivity contribution in [2.75, 3.05) is 27.7 Å². The maximum Gasteiger partial charge on any atom is 0.0809 e. The molecular weight excluding hydrogens is 278 g/mol. The lowest BCUT2D eigenvalue weighted by Gasteiger charge is -2.29. The van der Waals surface area contributed by atoms with Crippen LogP contribution < -0.4 is 12.4 Å². The number of unbranched alkanes of at least 4 members (excludes halogenated alkanes) is 8. The van der Waals surface area contributed by atoms with Gasteiger partial charge in [-0.05, 0) is 12.8 Å². The average Bonchev–Trinajstić information content (AvgIpc) is 2.36. The van der Waals surface area contributed by atoms with Crippen molar-refractivity contribution in [2.24, 2.45) is 5.92 Å². The van der Waals surface area contributed by atoms with Crippen molar-refractivity contribution in [3.05, 3.63) is 0 Å². The van der Waals surface area contributed by atoms with Gasteiger partial charge >= 0.3 is 0 Å². The Morgan fingerprint density at radius 2 is 1.00 bits per heavy atom. The molecule has 0 aromatic heterocycles. The van der Waals surface area contributed by atoms with E-state index < -0.39 is 0 Å². The molecule has 0 aromatic rings. The van der Waals surface area contributed by atoms with Crippen LogP contribution in [0.5, 0.6) is 0 Å². The molecule has 0 aliphatic heterocycles. The molecule has 0 bridgehead atoms. The van der Waals surface area contributed by atoms with E-state index in [0.717, 1.165) is 10.4 Å². The highest BCUT2D eigenvalue weighted by molar-refractivity contribution is 4.60.